The molecule has 0 saturated heterocycles. The van der Waals surface area contributed by atoms with Gasteiger partial charge in [0.05, 0.1) is 23.3 Å². The van der Waals surface area contributed by atoms with Crippen molar-refractivity contribution in [1.29, 1.82) is 0 Å². The summed E-state index contributed by atoms with van der Waals surface area (Å²) in [4.78, 5) is 0. The molecule has 182 valence electrons. The molecule has 0 aliphatic heterocycles. The maximum Gasteiger partial charge on any atom is 0.136 e. The van der Waals surface area contributed by atoms with Crippen molar-refractivity contribution in [2.24, 2.45) is 0 Å². The van der Waals surface area contributed by atoms with Crippen molar-refractivity contribution >= 4 is 43.5 Å². The Hall–Kier alpha value is -5.14. The van der Waals surface area contributed by atoms with E-state index in [0.29, 0.717) is 21.9 Å². The molecule has 39 heavy (non-hydrogen) atoms. The number of hydrogen-bond donors (Lipinski definition) is 0. The van der Waals surface area contributed by atoms with E-state index in [-0.39, 0.29) is 11.1 Å². The molecule has 0 atom stereocenters. The first-order valence-electron chi connectivity index (χ1n) is 20.5. The van der Waals surface area contributed by atoms with E-state index in [1.54, 1.807) is 42.5 Å². The van der Waals surface area contributed by atoms with Crippen LogP contribution >= 0.6 is 0 Å². The van der Waals surface area contributed by atoms with Gasteiger partial charge in [0.25, 0.3) is 0 Å². The summed E-state index contributed by atoms with van der Waals surface area (Å²) in [7, 11) is 0. The Labute approximate surface area is 250 Å². The summed E-state index contributed by atoms with van der Waals surface area (Å²) >= 11 is 0. The van der Waals surface area contributed by atoms with Crippen molar-refractivity contribution in [3.8, 4) is 33.4 Å². The highest BCUT2D eigenvalue weighted by atomic mass is 16.3. The average molecular weight is 514 g/mol. The molecule has 0 saturated carbocycles. The molecule has 0 aliphatic carbocycles. The van der Waals surface area contributed by atoms with E-state index in [1.165, 1.54) is 0 Å². The number of fused-ring (bicyclic) bond motifs is 5. The first-order valence-corrected chi connectivity index (χ1v) is 12.0. The van der Waals surface area contributed by atoms with Crippen molar-refractivity contribution in [3.63, 3.8) is 0 Å². The zero-order valence-corrected chi connectivity index (χ0v) is 19.9. The molecule has 0 bridgehead atoms. The lowest BCUT2D eigenvalue weighted by Gasteiger charge is -2.19. The highest BCUT2D eigenvalue weighted by Gasteiger charge is 2.18. The number of para-hydroxylation sites is 1. The molecule has 0 amide bonds. The highest BCUT2D eigenvalue weighted by Crippen LogP contribution is 2.45. The number of furan rings is 1. The molecule has 0 unspecified atom stereocenters. The molecule has 0 N–H and O–H groups in total. The SMILES string of the molecule is [2H]c1c([2H])c([2H])c(-c2c3c([2H])c([2H])c([2H])c([2H])c3c(-c3c([2H])c([2H])c([2H])c([2H])c3[2H])c3c([2H])c(-c4cccc5oc6ccccc6c45)c([2H])c([2H])c23)c([2H])c1[2H]. The van der Waals surface area contributed by atoms with Gasteiger partial charge in [0.1, 0.15) is 11.2 Å². The predicted molar refractivity (Wildman–Crippen MR) is 165 cm³/mol. The number of rotatable bonds is 3. The van der Waals surface area contributed by atoms with E-state index in [0.717, 1.165) is 0 Å². The van der Waals surface area contributed by atoms with Crippen LogP contribution in [0.3, 0.4) is 0 Å². The van der Waals surface area contributed by atoms with E-state index in [1.807, 2.05) is 0 Å². The standard InChI is InChI=1S/C38H24O/c1-3-12-25(13-4-1)36-29-16-7-8-17-30(29)37(26-14-5-2-6-15-26)33-24-27(22-23-31(33)36)28-19-11-21-35-38(28)32-18-9-10-20-34(32)39-35/h1-24H/i1D,2D,3D,4D,5D,6D,7D,8D,12D,13D,14D,15D,16D,17D,22D,23D,24D. The normalized spacial score (nSPS) is 17.7. The Morgan fingerprint density at radius 1 is 0.436 bits per heavy atom. The predicted octanol–water partition coefficient (Wildman–Crippen LogP) is 10.9. The fourth-order valence-electron chi connectivity index (χ4n) is 5.09. The third kappa shape index (κ3) is 3.41. The van der Waals surface area contributed by atoms with Crippen LogP contribution in [0.4, 0.5) is 0 Å². The minimum Gasteiger partial charge on any atom is -0.456 e. The molecule has 7 aromatic carbocycles. The lowest BCUT2D eigenvalue weighted by molar-refractivity contribution is 0.669. The van der Waals surface area contributed by atoms with E-state index >= 15 is 0 Å². The fraction of sp³-hybridized carbons (Fsp3) is 0. The summed E-state index contributed by atoms with van der Waals surface area (Å²) in [5, 5.41) is -0.822. The zero-order valence-electron chi connectivity index (χ0n) is 36.9. The third-order valence-corrected chi connectivity index (χ3v) is 6.67. The molecule has 8 rings (SSSR count). The van der Waals surface area contributed by atoms with Gasteiger partial charge in [-0.2, -0.15) is 0 Å². The van der Waals surface area contributed by atoms with Gasteiger partial charge < -0.3 is 4.42 Å². The summed E-state index contributed by atoms with van der Waals surface area (Å²) < 4.78 is 157. The molecule has 0 aliphatic rings. The molecular formula is C38H24O. The maximum atomic E-state index is 9.94. The van der Waals surface area contributed by atoms with Gasteiger partial charge in [-0.15, -0.1) is 0 Å². The van der Waals surface area contributed by atoms with Gasteiger partial charge in [0.15, 0.2) is 0 Å². The Morgan fingerprint density at radius 3 is 1.74 bits per heavy atom. The van der Waals surface area contributed by atoms with Gasteiger partial charge in [0, 0.05) is 10.8 Å². The van der Waals surface area contributed by atoms with E-state index in [4.69, 9.17) is 22.2 Å². The minimum atomic E-state index is -0.818. The lowest BCUT2D eigenvalue weighted by atomic mass is 9.84. The van der Waals surface area contributed by atoms with Crippen LogP contribution in [0, 0.1) is 0 Å². The van der Waals surface area contributed by atoms with Gasteiger partial charge in [-0.3, -0.25) is 0 Å². The Morgan fingerprint density at radius 2 is 1.03 bits per heavy atom. The molecule has 8 aromatic rings. The van der Waals surface area contributed by atoms with Gasteiger partial charge >= 0.3 is 0 Å². The van der Waals surface area contributed by atoms with Crippen LogP contribution in [-0.2, 0) is 0 Å². The molecule has 1 nitrogen and oxygen atoms in total. The topological polar surface area (TPSA) is 13.1 Å². The number of benzene rings is 7. The van der Waals surface area contributed by atoms with Crippen molar-refractivity contribution < 1.29 is 27.7 Å². The second-order valence-corrected chi connectivity index (χ2v) is 8.78. The van der Waals surface area contributed by atoms with Crippen molar-refractivity contribution in [2.75, 3.05) is 0 Å². The molecule has 1 heteroatoms. The van der Waals surface area contributed by atoms with Crippen LogP contribution in [0.15, 0.2) is 150 Å². The van der Waals surface area contributed by atoms with Crippen LogP contribution < -0.4 is 0 Å². The number of hydrogen-bond acceptors (Lipinski definition) is 1. The van der Waals surface area contributed by atoms with Crippen LogP contribution in [0.25, 0.3) is 76.9 Å². The third-order valence-electron chi connectivity index (χ3n) is 6.67. The fourth-order valence-corrected chi connectivity index (χ4v) is 5.09. The summed E-state index contributed by atoms with van der Waals surface area (Å²) in [6.07, 6.45) is 0. The van der Waals surface area contributed by atoms with Gasteiger partial charge in [-0.1, -0.05) is 127 Å². The van der Waals surface area contributed by atoms with Crippen LogP contribution in [0.2, 0.25) is 0 Å². The van der Waals surface area contributed by atoms with Gasteiger partial charge in [-0.25, -0.2) is 0 Å². The Kier molecular flexibility index (Phi) is 2.44. The van der Waals surface area contributed by atoms with Crippen LogP contribution in [0.5, 0.6) is 0 Å². The quantitative estimate of drug-likeness (QED) is 0.214. The van der Waals surface area contributed by atoms with Crippen molar-refractivity contribution in [3.05, 3.63) is 145 Å². The maximum absolute atomic E-state index is 9.94. The average Bonchev–Trinajstić information content (AvgIpc) is 3.57. The second-order valence-electron chi connectivity index (χ2n) is 8.78. The van der Waals surface area contributed by atoms with E-state index < -0.39 is 147 Å². The van der Waals surface area contributed by atoms with E-state index in [9.17, 15) is 5.48 Å². The molecule has 0 spiro atoms. The highest BCUT2D eigenvalue weighted by molar-refractivity contribution is 6.22. The van der Waals surface area contributed by atoms with E-state index in [2.05, 4.69) is 0 Å². The summed E-state index contributed by atoms with van der Waals surface area (Å²) in [6.45, 7) is 0. The van der Waals surface area contributed by atoms with Crippen molar-refractivity contribution in [2.45, 2.75) is 0 Å². The van der Waals surface area contributed by atoms with Crippen molar-refractivity contribution in [1.82, 2.24) is 0 Å². The van der Waals surface area contributed by atoms with Crippen LogP contribution in [-0.4, -0.2) is 0 Å². The monoisotopic (exact) mass is 513 g/mol. The zero-order chi connectivity index (χ0) is 40.6. The van der Waals surface area contributed by atoms with Gasteiger partial charge in [-0.05, 0) is 73.1 Å². The second kappa shape index (κ2) is 8.72. The minimum absolute atomic E-state index is 0.180. The van der Waals surface area contributed by atoms with Gasteiger partial charge in [0.2, 0.25) is 0 Å². The molecule has 1 aromatic heterocycles. The molecule has 1 heterocycles. The summed E-state index contributed by atoms with van der Waals surface area (Å²) in [5.74, 6) is 0. The van der Waals surface area contributed by atoms with Crippen LogP contribution in [0.1, 0.15) is 23.3 Å². The summed E-state index contributed by atoms with van der Waals surface area (Å²) in [6, 6.07) is -1.16. The molecule has 0 fully saturated rings. The Balaban J connectivity index is 1.77. The Bertz CT molecular complexity index is 3050. The first kappa shape index (κ1) is 10.9. The largest absolute Gasteiger partial charge is 0.456 e. The lowest BCUT2D eigenvalue weighted by Crippen LogP contribution is -1.91. The molecular weight excluding hydrogens is 472 g/mol. The molecule has 0 radical (unpaired) electrons. The smallest absolute Gasteiger partial charge is 0.136 e. The first-order chi connectivity index (χ1) is 26.4. The summed E-state index contributed by atoms with van der Waals surface area (Å²) in [5.41, 5.74) is -1.21.